The van der Waals surface area contributed by atoms with Gasteiger partial charge in [0.25, 0.3) is 0 Å². The zero-order valence-electron chi connectivity index (χ0n) is 18.2. The van der Waals surface area contributed by atoms with Crippen LogP contribution in [0.25, 0.3) is 11.1 Å². The van der Waals surface area contributed by atoms with Crippen molar-refractivity contribution in [2.75, 3.05) is 18.0 Å². The second-order valence-electron chi connectivity index (χ2n) is 8.76. The molecule has 1 saturated heterocycles. The number of benzene rings is 2. The highest BCUT2D eigenvalue weighted by Crippen LogP contribution is 2.28. The predicted molar refractivity (Wildman–Crippen MR) is 123 cm³/mol. The van der Waals surface area contributed by atoms with Crippen LogP contribution in [-0.4, -0.2) is 28.7 Å². The third-order valence-corrected chi connectivity index (χ3v) is 6.24. The summed E-state index contributed by atoms with van der Waals surface area (Å²) in [5.41, 5.74) is 5.70. The molecule has 4 heteroatoms. The number of ketones is 1. The second kappa shape index (κ2) is 8.86. The van der Waals surface area contributed by atoms with Crippen LogP contribution < -0.4 is 4.90 Å². The van der Waals surface area contributed by atoms with Crippen molar-refractivity contribution in [2.45, 2.75) is 46.1 Å². The van der Waals surface area contributed by atoms with Gasteiger partial charge in [0.05, 0.1) is 6.20 Å². The van der Waals surface area contributed by atoms with Gasteiger partial charge in [-0.05, 0) is 60.4 Å². The lowest BCUT2D eigenvalue weighted by Crippen LogP contribution is -2.35. The summed E-state index contributed by atoms with van der Waals surface area (Å²) < 4.78 is 2.13. The van der Waals surface area contributed by atoms with E-state index in [9.17, 15) is 4.79 Å². The van der Waals surface area contributed by atoms with Crippen LogP contribution in [0.3, 0.4) is 0 Å². The summed E-state index contributed by atoms with van der Waals surface area (Å²) in [6.45, 7) is 9.24. The number of hydrogen-bond acceptors (Lipinski definition) is 3. The fraction of sp³-hybridized carbons (Fsp3) is 0.385. The van der Waals surface area contributed by atoms with Crippen LogP contribution in [0.1, 0.15) is 55.5 Å². The van der Waals surface area contributed by atoms with Gasteiger partial charge in [0.1, 0.15) is 0 Å². The van der Waals surface area contributed by atoms with Gasteiger partial charge in [-0.25, -0.2) is 0 Å². The van der Waals surface area contributed by atoms with Crippen LogP contribution in [0.2, 0.25) is 0 Å². The van der Waals surface area contributed by atoms with Crippen LogP contribution in [0.4, 0.5) is 5.69 Å². The van der Waals surface area contributed by atoms with E-state index in [4.69, 9.17) is 0 Å². The van der Waals surface area contributed by atoms with Gasteiger partial charge < -0.3 is 4.90 Å². The van der Waals surface area contributed by atoms with Crippen molar-refractivity contribution in [1.82, 2.24) is 9.78 Å². The molecule has 0 atom stereocenters. The lowest BCUT2D eigenvalue weighted by atomic mass is 9.96. The van der Waals surface area contributed by atoms with Gasteiger partial charge in [-0.3, -0.25) is 9.48 Å². The molecule has 1 fully saturated rings. The maximum atomic E-state index is 11.5. The average molecular weight is 402 g/mol. The molecule has 2 heterocycles. The number of anilines is 1. The number of carbonyl (C=O) groups is 1. The fourth-order valence-corrected chi connectivity index (χ4v) is 4.18. The molecule has 1 aromatic heterocycles. The fourth-order valence-electron chi connectivity index (χ4n) is 4.18. The van der Waals surface area contributed by atoms with E-state index < -0.39 is 0 Å². The maximum Gasteiger partial charge on any atom is 0.159 e. The van der Waals surface area contributed by atoms with Crippen molar-refractivity contribution in [1.29, 1.82) is 0 Å². The first-order chi connectivity index (χ1) is 14.5. The zero-order valence-corrected chi connectivity index (χ0v) is 18.2. The number of hydrogen-bond donors (Lipinski definition) is 0. The normalized spacial score (nSPS) is 15.0. The molecule has 156 valence electrons. The lowest BCUT2D eigenvalue weighted by Gasteiger charge is -2.33. The molecule has 4 nitrogen and oxygen atoms in total. The molecular formula is C26H31N3O. The first kappa shape index (κ1) is 20.4. The first-order valence-corrected chi connectivity index (χ1v) is 11.0. The summed E-state index contributed by atoms with van der Waals surface area (Å²) in [5.74, 6) is 1.34. The van der Waals surface area contributed by atoms with E-state index in [2.05, 4.69) is 59.0 Å². The molecular weight excluding hydrogens is 370 g/mol. The molecule has 1 aliphatic heterocycles. The quantitative estimate of drug-likeness (QED) is 0.491. The molecule has 0 unspecified atom stereocenters. The Hall–Kier alpha value is -2.88. The number of Topliss-reactive ketones (excluding diaryl/α,β-unsaturated/α-hetero) is 1. The van der Waals surface area contributed by atoms with Crippen LogP contribution in [-0.2, 0) is 6.54 Å². The molecule has 0 N–H and O–H groups in total. The Labute approximate surface area is 179 Å². The second-order valence-corrected chi connectivity index (χ2v) is 8.76. The lowest BCUT2D eigenvalue weighted by molar-refractivity contribution is 0.101. The standard InChI is InChI=1S/C26H31N3O/c1-19(2)25-16-27-29(18-25)17-21-12-14-28(15-13-21)26-10-8-24(9-11-26)23-6-4-22(5-7-23)20(3)30/h4-11,16,18-19,21H,12-15,17H2,1-3H3. The van der Waals surface area contributed by atoms with Gasteiger partial charge in [0.2, 0.25) is 0 Å². The van der Waals surface area contributed by atoms with E-state index in [1.165, 1.54) is 29.7 Å². The van der Waals surface area contributed by atoms with Crippen molar-refractivity contribution in [2.24, 2.45) is 5.92 Å². The molecule has 0 spiro atoms. The van der Waals surface area contributed by atoms with Crippen molar-refractivity contribution in [3.63, 3.8) is 0 Å². The van der Waals surface area contributed by atoms with E-state index in [-0.39, 0.29) is 5.78 Å². The smallest absolute Gasteiger partial charge is 0.159 e. The Morgan fingerprint density at radius 2 is 1.60 bits per heavy atom. The topological polar surface area (TPSA) is 38.1 Å². The minimum atomic E-state index is 0.105. The number of rotatable bonds is 6. The van der Waals surface area contributed by atoms with E-state index in [1.807, 2.05) is 30.5 Å². The maximum absolute atomic E-state index is 11.5. The summed E-state index contributed by atoms with van der Waals surface area (Å²) in [6, 6.07) is 16.7. The Bertz CT molecular complexity index is 978. The van der Waals surface area contributed by atoms with Crippen molar-refractivity contribution >= 4 is 11.5 Å². The van der Waals surface area contributed by atoms with Crippen LogP contribution in [0, 0.1) is 5.92 Å². The Morgan fingerprint density at radius 1 is 1.00 bits per heavy atom. The molecule has 30 heavy (non-hydrogen) atoms. The van der Waals surface area contributed by atoms with E-state index >= 15 is 0 Å². The Balaban J connectivity index is 1.33. The SMILES string of the molecule is CC(=O)c1ccc(-c2ccc(N3CCC(Cn4cc(C(C)C)cn4)CC3)cc2)cc1. The number of aromatic nitrogens is 2. The minimum Gasteiger partial charge on any atom is -0.372 e. The third-order valence-electron chi connectivity index (χ3n) is 6.24. The molecule has 0 aliphatic carbocycles. The monoisotopic (exact) mass is 401 g/mol. The van der Waals surface area contributed by atoms with E-state index in [0.29, 0.717) is 11.8 Å². The van der Waals surface area contributed by atoms with Crippen LogP contribution in [0.15, 0.2) is 60.9 Å². The summed E-state index contributed by atoms with van der Waals surface area (Å²) in [5, 5.41) is 4.55. The van der Waals surface area contributed by atoms with Gasteiger partial charge in [0, 0.05) is 37.1 Å². The van der Waals surface area contributed by atoms with Crippen LogP contribution >= 0.6 is 0 Å². The van der Waals surface area contributed by atoms with Gasteiger partial charge in [-0.15, -0.1) is 0 Å². The number of piperidine rings is 1. The molecule has 3 aromatic rings. The molecule has 0 saturated carbocycles. The third kappa shape index (κ3) is 4.64. The summed E-state index contributed by atoms with van der Waals surface area (Å²) in [4.78, 5) is 13.9. The van der Waals surface area contributed by atoms with Crippen LogP contribution in [0.5, 0.6) is 0 Å². The molecule has 2 aromatic carbocycles. The highest BCUT2D eigenvalue weighted by Gasteiger charge is 2.20. The van der Waals surface area contributed by atoms with E-state index in [1.54, 1.807) is 6.92 Å². The van der Waals surface area contributed by atoms with Gasteiger partial charge in [-0.1, -0.05) is 50.2 Å². The predicted octanol–water partition coefficient (Wildman–Crippen LogP) is 5.79. The highest BCUT2D eigenvalue weighted by atomic mass is 16.1. The van der Waals surface area contributed by atoms with Gasteiger partial charge in [0.15, 0.2) is 5.78 Å². The molecule has 4 rings (SSSR count). The molecule has 1 aliphatic rings. The minimum absolute atomic E-state index is 0.105. The summed E-state index contributed by atoms with van der Waals surface area (Å²) >= 11 is 0. The number of nitrogens with zero attached hydrogens (tertiary/aromatic N) is 3. The van der Waals surface area contributed by atoms with E-state index in [0.717, 1.165) is 30.8 Å². The van der Waals surface area contributed by atoms with Gasteiger partial charge in [-0.2, -0.15) is 5.10 Å². The largest absolute Gasteiger partial charge is 0.372 e. The summed E-state index contributed by atoms with van der Waals surface area (Å²) in [6.07, 6.45) is 6.62. The Morgan fingerprint density at radius 3 is 2.13 bits per heavy atom. The Kier molecular flexibility index (Phi) is 6.03. The first-order valence-electron chi connectivity index (χ1n) is 11.0. The zero-order chi connectivity index (χ0) is 21.1. The number of carbonyl (C=O) groups excluding carboxylic acids is 1. The van der Waals surface area contributed by atoms with Crippen molar-refractivity contribution in [3.8, 4) is 11.1 Å². The van der Waals surface area contributed by atoms with Gasteiger partial charge >= 0.3 is 0 Å². The molecule has 0 bridgehead atoms. The molecule has 0 radical (unpaired) electrons. The average Bonchev–Trinajstić information content (AvgIpc) is 3.23. The molecule has 0 amide bonds. The summed E-state index contributed by atoms with van der Waals surface area (Å²) in [7, 11) is 0. The highest BCUT2D eigenvalue weighted by molar-refractivity contribution is 5.94. The van der Waals surface area contributed by atoms with Crippen molar-refractivity contribution in [3.05, 3.63) is 72.1 Å². The van der Waals surface area contributed by atoms with Crippen molar-refractivity contribution < 1.29 is 4.79 Å².